The van der Waals surface area contributed by atoms with Gasteiger partial charge in [0, 0.05) is 10.7 Å². The third kappa shape index (κ3) is 4.29. The van der Waals surface area contributed by atoms with E-state index in [2.05, 4.69) is 15.6 Å². The number of carbonyl (C=O) groups excluding carboxylic acids is 1. The number of amides is 1. The van der Waals surface area contributed by atoms with Crippen molar-refractivity contribution in [3.8, 4) is 5.75 Å². The Morgan fingerprint density at radius 1 is 1.08 bits per heavy atom. The van der Waals surface area contributed by atoms with Crippen LogP contribution in [0.15, 0.2) is 60.8 Å². The van der Waals surface area contributed by atoms with Crippen molar-refractivity contribution in [3.05, 3.63) is 77.3 Å². The fourth-order valence-electron chi connectivity index (χ4n) is 2.26. The second kappa shape index (κ2) is 7.84. The lowest BCUT2D eigenvalue weighted by atomic mass is 10.2. The summed E-state index contributed by atoms with van der Waals surface area (Å²) < 4.78 is 18.2. The van der Waals surface area contributed by atoms with Crippen molar-refractivity contribution < 1.29 is 13.9 Å². The molecule has 3 aromatic rings. The van der Waals surface area contributed by atoms with E-state index >= 15 is 0 Å². The lowest BCUT2D eigenvalue weighted by Gasteiger charge is -2.11. The van der Waals surface area contributed by atoms with Crippen LogP contribution < -0.4 is 15.4 Å². The SMILES string of the molecule is COc1ccc(Cl)cc1Nc1ccc(C(=O)Nc2ccc(F)cc2)nc1. The third-order valence-electron chi connectivity index (χ3n) is 3.54. The van der Waals surface area contributed by atoms with Gasteiger partial charge in [-0.15, -0.1) is 0 Å². The molecular weight excluding hydrogens is 357 g/mol. The molecule has 0 spiro atoms. The molecule has 3 rings (SSSR count). The molecule has 2 N–H and O–H groups in total. The lowest BCUT2D eigenvalue weighted by Crippen LogP contribution is -2.13. The van der Waals surface area contributed by atoms with Crippen molar-refractivity contribution >= 4 is 34.6 Å². The predicted octanol–water partition coefficient (Wildman–Crippen LogP) is 4.88. The van der Waals surface area contributed by atoms with Crippen molar-refractivity contribution in [2.24, 2.45) is 0 Å². The van der Waals surface area contributed by atoms with Crippen LogP contribution in [0.2, 0.25) is 5.02 Å². The molecule has 0 saturated carbocycles. The smallest absolute Gasteiger partial charge is 0.274 e. The quantitative estimate of drug-likeness (QED) is 0.671. The highest BCUT2D eigenvalue weighted by atomic mass is 35.5. The summed E-state index contributed by atoms with van der Waals surface area (Å²) in [6.45, 7) is 0. The highest BCUT2D eigenvalue weighted by molar-refractivity contribution is 6.31. The molecule has 0 radical (unpaired) electrons. The van der Waals surface area contributed by atoms with Crippen LogP contribution in [0.25, 0.3) is 0 Å². The topological polar surface area (TPSA) is 63.2 Å². The zero-order valence-corrected chi connectivity index (χ0v) is 14.5. The molecule has 0 atom stereocenters. The number of methoxy groups -OCH3 is 1. The van der Waals surface area contributed by atoms with E-state index in [1.807, 2.05) is 0 Å². The number of hydrogen-bond donors (Lipinski definition) is 2. The van der Waals surface area contributed by atoms with E-state index in [0.717, 1.165) is 0 Å². The first-order valence-electron chi connectivity index (χ1n) is 7.69. The number of aromatic nitrogens is 1. The van der Waals surface area contributed by atoms with Crippen LogP contribution in [0.5, 0.6) is 5.75 Å². The fraction of sp³-hybridized carbons (Fsp3) is 0.0526. The minimum absolute atomic E-state index is 0.234. The molecule has 0 aliphatic heterocycles. The first-order chi connectivity index (χ1) is 12.5. The van der Waals surface area contributed by atoms with Gasteiger partial charge < -0.3 is 15.4 Å². The van der Waals surface area contributed by atoms with Crippen molar-refractivity contribution in [3.63, 3.8) is 0 Å². The summed E-state index contributed by atoms with van der Waals surface area (Å²) in [6.07, 6.45) is 1.53. The van der Waals surface area contributed by atoms with E-state index in [1.165, 1.54) is 30.5 Å². The minimum Gasteiger partial charge on any atom is -0.495 e. The maximum absolute atomic E-state index is 12.9. The van der Waals surface area contributed by atoms with Crippen LogP contribution in [0, 0.1) is 5.82 Å². The molecule has 1 heterocycles. The first kappa shape index (κ1) is 17.7. The van der Waals surface area contributed by atoms with Crippen LogP contribution in [0.1, 0.15) is 10.5 Å². The van der Waals surface area contributed by atoms with Gasteiger partial charge in [-0.1, -0.05) is 11.6 Å². The van der Waals surface area contributed by atoms with Gasteiger partial charge in [-0.2, -0.15) is 0 Å². The van der Waals surface area contributed by atoms with Gasteiger partial charge in [0.2, 0.25) is 0 Å². The van der Waals surface area contributed by atoms with E-state index in [-0.39, 0.29) is 17.4 Å². The molecule has 0 fully saturated rings. The Hall–Kier alpha value is -3.12. The van der Waals surface area contributed by atoms with Gasteiger partial charge in [-0.25, -0.2) is 9.37 Å². The van der Waals surface area contributed by atoms with Crippen molar-refractivity contribution in [2.75, 3.05) is 17.7 Å². The Kier molecular flexibility index (Phi) is 5.34. The van der Waals surface area contributed by atoms with Crippen molar-refractivity contribution in [1.29, 1.82) is 0 Å². The van der Waals surface area contributed by atoms with Crippen LogP contribution in [0.4, 0.5) is 21.5 Å². The number of anilines is 3. The molecular formula is C19H15ClFN3O2. The summed E-state index contributed by atoms with van der Waals surface area (Å²) in [5.74, 6) is -0.121. The van der Waals surface area contributed by atoms with Crippen LogP contribution >= 0.6 is 11.6 Å². The molecule has 0 aliphatic carbocycles. The number of benzene rings is 2. The Morgan fingerprint density at radius 3 is 2.46 bits per heavy atom. The van der Waals surface area contributed by atoms with Gasteiger partial charge in [-0.05, 0) is 54.6 Å². The number of halogens is 2. The van der Waals surface area contributed by atoms with Crippen molar-refractivity contribution in [1.82, 2.24) is 4.98 Å². The number of nitrogens with one attached hydrogen (secondary N) is 2. The summed E-state index contributed by atoms with van der Waals surface area (Å²) in [5, 5.41) is 6.36. The molecule has 0 aliphatic rings. The van der Waals surface area contributed by atoms with Crippen LogP contribution in [0.3, 0.4) is 0 Å². The van der Waals surface area contributed by atoms with Crippen LogP contribution in [-0.2, 0) is 0 Å². The number of rotatable bonds is 5. The van der Waals surface area contributed by atoms with E-state index in [1.54, 1.807) is 37.4 Å². The van der Waals surface area contributed by atoms with E-state index in [9.17, 15) is 9.18 Å². The third-order valence-corrected chi connectivity index (χ3v) is 3.77. The number of ether oxygens (including phenoxy) is 1. The van der Waals surface area contributed by atoms with Gasteiger partial charge in [0.15, 0.2) is 0 Å². The number of pyridine rings is 1. The Bertz CT molecular complexity index is 915. The van der Waals surface area contributed by atoms with Gasteiger partial charge in [0.25, 0.3) is 5.91 Å². The predicted molar refractivity (Wildman–Crippen MR) is 99.9 cm³/mol. The summed E-state index contributed by atoms with van der Waals surface area (Å²) in [7, 11) is 1.57. The molecule has 7 heteroatoms. The molecule has 0 unspecified atom stereocenters. The van der Waals surface area contributed by atoms with Gasteiger partial charge in [0.05, 0.1) is 24.7 Å². The van der Waals surface area contributed by atoms with Crippen molar-refractivity contribution in [2.45, 2.75) is 0 Å². The number of carbonyl (C=O) groups is 1. The molecule has 0 bridgehead atoms. The molecule has 2 aromatic carbocycles. The second-order valence-corrected chi connectivity index (χ2v) is 5.80. The first-order valence-corrected chi connectivity index (χ1v) is 8.06. The molecule has 5 nitrogen and oxygen atoms in total. The maximum atomic E-state index is 12.9. The zero-order chi connectivity index (χ0) is 18.5. The summed E-state index contributed by atoms with van der Waals surface area (Å²) in [4.78, 5) is 16.3. The summed E-state index contributed by atoms with van der Waals surface area (Å²) in [6, 6.07) is 14.0. The maximum Gasteiger partial charge on any atom is 0.274 e. The average molecular weight is 372 g/mol. The lowest BCUT2D eigenvalue weighted by molar-refractivity contribution is 0.102. The normalized spacial score (nSPS) is 10.3. The van der Waals surface area contributed by atoms with E-state index in [4.69, 9.17) is 16.3 Å². The van der Waals surface area contributed by atoms with E-state index < -0.39 is 0 Å². The standard InChI is InChI=1S/C19H15ClFN3O2/c1-26-18-9-2-12(20)10-17(18)23-15-7-8-16(22-11-15)19(25)24-14-5-3-13(21)4-6-14/h2-11,23H,1H3,(H,24,25). The highest BCUT2D eigenvalue weighted by Crippen LogP contribution is 2.30. The Labute approximate surface area is 154 Å². The highest BCUT2D eigenvalue weighted by Gasteiger charge is 2.09. The largest absolute Gasteiger partial charge is 0.495 e. The van der Waals surface area contributed by atoms with Crippen LogP contribution in [-0.4, -0.2) is 18.0 Å². The number of nitrogens with zero attached hydrogens (tertiary/aromatic N) is 1. The molecule has 26 heavy (non-hydrogen) atoms. The monoisotopic (exact) mass is 371 g/mol. The average Bonchev–Trinajstić information content (AvgIpc) is 2.64. The molecule has 1 aromatic heterocycles. The van der Waals surface area contributed by atoms with Gasteiger partial charge in [0.1, 0.15) is 17.3 Å². The van der Waals surface area contributed by atoms with E-state index in [0.29, 0.717) is 27.8 Å². The Balaban J connectivity index is 1.71. The summed E-state index contributed by atoms with van der Waals surface area (Å²) >= 11 is 6.01. The Morgan fingerprint density at radius 2 is 1.81 bits per heavy atom. The van der Waals surface area contributed by atoms with Gasteiger partial charge in [-0.3, -0.25) is 4.79 Å². The summed E-state index contributed by atoms with van der Waals surface area (Å²) in [5.41, 5.74) is 2.08. The van der Waals surface area contributed by atoms with Gasteiger partial charge >= 0.3 is 0 Å². The second-order valence-electron chi connectivity index (χ2n) is 5.36. The molecule has 0 saturated heterocycles. The molecule has 132 valence electrons. The molecule has 1 amide bonds. The zero-order valence-electron chi connectivity index (χ0n) is 13.8. The minimum atomic E-state index is -0.386. The number of hydrogen-bond acceptors (Lipinski definition) is 4. The fourth-order valence-corrected chi connectivity index (χ4v) is 2.44.